The molecule has 1 aliphatic heterocycles. The third-order valence-electron chi connectivity index (χ3n) is 6.25. The highest BCUT2D eigenvalue weighted by Crippen LogP contribution is 2.35. The average molecular weight is 497 g/mol. The molecule has 3 aromatic rings. The van der Waals surface area contributed by atoms with Crippen LogP contribution < -0.4 is 0 Å². The molecule has 1 saturated heterocycles. The molecule has 34 heavy (non-hydrogen) atoms. The average Bonchev–Trinajstić information content (AvgIpc) is 3.45. The summed E-state index contributed by atoms with van der Waals surface area (Å²) in [6.07, 6.45) is 4.11. The largest absolute Gasteiger partial charge is 0.382 e. The van der Waals surface area contributed by atoms with E-state index < -0.39 is 32.5 Å². The Kier molecular flexibility index (Phi) is 6.75. The summed E-state index contributed by atoms with van der Waals surface area (Å²) in [7, 11) is -2.25. The molecule has 3 heterocycles. The van der Waals surface area contributed by atoms with Gasteiger partial charge in [-0.3, -0.25) is 4.90 Å². The summed E-state index contributed by atoms with van der Waals surface area (Å²) in [6, 6.07) is 2.66. The second-order valence-corrected chi connectivity index (χ2v) is 10.6. The molecule has 0 unspecified atom stereocenters. The van der Waals surface area contributed by atoms with Crippen molar-refractivity contribution < 1.29 is 22.3 Å². The normalized spacial score (nSPS) is 18.6. The molecule has 2 atom stereocenters. The Labute approximate surface area is 195 Å². The lowest BCUT2D eigenvalue weighted by Gasteiger charge is -2.40. The van der Waals surface area contributed by atoms with Gasteiger partial charge in [-0.05, 0) is 13.0 Å². The van der Waals surface area contributed by atoms with Crippen molar-refractivity contribution in [2.45, 2.75) is 30.9 Å². The summed E-state index contributed by atoms with van der Waals surface area (Å²) in [5, 5.41) is 22.0. The maximum absolute atomic E-state index is 14.8. The van der Waals surface area contributed by atoms with Crippen molar-refractivity contribution in [2.24, 2.45) is 7.05 Å². The Balaban J connectivity index is 1.57. The van der Waals surface area contributed by atoms with E-state index in [0.717, 1.165) is 18.0 Å². The highest BCUT2D eigenvalue weighted by Gasteiger charge is 2.48. The van der Waals surface area contributed by atoms with Crippen LogP contribution in [0, 0.1) is 11.6 Å². The molecule has 1 N–H and O–H groups in total. The first-order chi connectivity index (χ1) is 16.1. The number of hydrogen-bond acceptors (Lipinski definition) is 8. The van der Waals surface area contributed by atoms with Gasteiger partial charge in [0.25, 0.3) is 0 Å². The van der Waals surface area contributed by atoms with Crippen LogP contribution in [0.1, 0.15) is 18.3 Å². The van der Waals surface area contributed by atoms with Gasteiger partial charge in [-0.15, -0.1) is 10.2 Å². The van der Waals surface area contributed by atoms with Gasteiger partial charge < -0.3 is 9.67 Å². The first-order valence-electron chi connectivity index (χ1n) is 10.7. The molecule has 184 valence electrons. The standard InChI is InChI=1S/C20H26F2N8O3S/c1-15(20(31,11-29-13-23-12-25-29)17-4-3-16(21)9-18(17)22)34(32,33)30-7-5-28(6-8-30)10-19-26-24-14-27(19)2/h3-4,9,12-15,31H,5-8,10-11H2,1-2H3/t15-,20-/m1/s1. The first kappa shape index (κ1) is 24.3. The molecular formula is C20H26F2N8O3S. The van der Waals surface area contributed by atoms with Gasteiger partial charge in [-0.1, -0.05) is 6.07 Å². The third kappa shape index (κ3) is 4.71. The lowest BCUT2D eigenvalue weighted by molar-refractivity contribution is 0.00909. The summed E-state index contributed by atoms with van der Waals surface area (Å²) in [4.78, 5) is 5.86. The maximum Gasteiger partial charge on any atom is 0.220 e. The van der Waals surface area contributed by atoms with Crippen molar-refractivity contribution in [1.29, 1.82) is 0 Å². The lowest BCUT2D eigenvalue weighted by Crippen LogP contribution is -2.55. The Hall–Kier alpha value is -2.81. The number of benzene rings is 1. The van der Waals surface area contributed by atoms with Gasteiger partial charge in [0.2, 0.25) is 10.0 Å². The fourth-order valence-electron chi connectivity index (χ4n) is 4.10. The van der Waals surface area contributed by atoms with E-state index in [0.29, 0.717) is 25.7 Å². The van der Waals surface area contributed by atoms with Crippen molar-refractivity contribution in [2.75, 3.05) is 26.2 Å². The number of aliphatic hydroxyl groups is 1. The Bertz CT molecular complexity index is 1230. The van der Waals surface area contributed by atoms with Gasteiger partial charge in [0.1, 0.15) is 47.3 Å². The first-order valence-corrected chi connectivity index (χ1v) is 12.2. The SMILES string of the molecule is C[C@H]([C@](O)(Cn1cncn1)c1ccc(F)cc1F)S(=O)(=O)N1CCN(Cc2nncn2C)CC1. The van der Waals surface area contributed by atoms with Crippen LogP contribution >= 0.6 is 0 Å². The molecule has 0 saturated carbocycles. The number of piperazine rings is 1. The molecule has 1 aromatic carbocycles. The molecule has 0 spiro atoms. The van der Waals surface area contributed by atoms with Gasteiger partial charge in [0, 0.05) is 44.9 Å². The molecule has 14 heteroatoms. The summed E-state index contributed by atoms with van der Waals surface area (Å²) in [5.74, 6) is -1.12. The fourth-order valence-corrected chi connectivity index (χ4v) is 5.91. The Morgan fingerprint density at radius 1 is 1.18 bits per heavy atom. The van der Waals surface area contributed by atoms with Crippen LogP contribution in [0.2, 0.25) is 0 Å². The quantitative estimate of drug-likeness (QED) is 0.466. The molecule has 1 fully saturated rings. The smallest absolute Gasteiger partial charge is 0.220 e. The molecule has 1 aliphatic rings. The number of nitrogens with zero attached hydrogens (tertiary/aromatic N) is 8. The number of aryl methyl sites for hydroxylation is 1. The van der Waals surface area contributed by atoms with E-state index in [2.05, 4.69) is 25.2 Å². The monoisotopic (exact) mass is 496 g/mol. The van der Waals surface area contributed by atoms with E-state index in [1.54, 1.807) is 10.9 Å². The van der Waals surface area contributed by atoms with Crippen molar-refractivity contribution in [1.82, 2.24) is 38.7 Å². The number of rotatable bonds is 8. The second-order valence-electron chi connectivity index (χ2n) is 8.36. The van der Waals surface area contributed by atoms with Gasteiger partial charge in [-0.2, -0.15) is 9.40 Å². The predicted molar refractivity (Wildman–Crippen MR) is 117 cm³/mol. The zero-order valence-corrected chi connectivity index (χ0v) is 19.6. The second kappa shape index (κ2) is 9.44. The molecule has 2 aromatic heterocycles. The molecule has 0 amide bonds. The van der Waals surface area contributed by atoms with E-state index in [9.17, 15) is 22.3 Å². The fraction of sp³-hybridized carbons (Fsp3) is 0.500. The Morgan fingerprint density at radius 3 is 2.50 bits per heavy atom. The summed E-state index contributed by atoms with van der Waals surface area (Å²) in [5.41, 5.74) is -2.57. The minimum absolute atomic E-state index is 0.190. The van der Waals surface area contributed by atoms with Crippen LogP contribution in [0.4, 0.5) is 8.78 Å². The zero-order chi connectivity index (χ0) is 24.5. The Morgan fingerprint density at radius 2 is 1.91 bits per heavy atom. The van der Waals surface area contributed by atoms with E-state index in [-0.39, 0.29) is 25.2 Å². The van der Waals surface area contributed by atoms with Crippen LogP contribution in [-0.2, 0) is 35.8 Å². The molecule has 11 nitrogen and oxygen atoms in total. The van der Waals surface area contributed by atoms with Crippen molar-refractivity contribution >= 4 is 10.0 Å². The predicted octanol–water partition coefficient (Wildman–Crippen LogP) is 0.109. The van der Waals surface area contributed by atoms with Crippen LogP contribution in [-0.4, -0.2) is 83.7 Å². The van der Waals surface area contributed by atoms with Gasteiger partial charge in [0.15, 0.2) is 0 Å². The van der Waals surface area contributed by atoms with Crippen LogP contribution in [0.25, 0.3) is 0 Å². The van der Waals surface area contributed by atoms with Gasteiger partial charge >= 0.3 is 0 Å². The van der Waals surface area contributed by atoms with Gasteiger partial charge in [-0.25, -0.2) is 26.9 Å². The molecule has 0 bridgehead atoms. The topological polar surface area (TPSA) is 122 Å². The number of halogens is 2. The summed E-state index contributed by atoms with van der Waals surface area (Å²) < 4.78 is 59.7. The van der Waals surface area contributed by atoms with Crippen molar-refractivity contribution in [3.63, 3.8) is 0 Å². The molecule has 4 rings (SSSR count). The molecule has 0 radical (unpaired) electrons. The number of aromatic nitrogens is 6. The lowest BCUT2D eigenvalue weighted by atomic mass is 9.90. The highest BCUT2D eigenvalue weighted by atomic mass is 32.2. The van der Waals surface area contributed by atoms with E-state index in [1.807, 2.05) is 7.05 Å². The number of hydrogen-bond donors (Lipinski definition) is 1. The molecule has 0 aliphatic carbocycles. The minimum atomic E-state index is -4.09. The zero-order valence-electron chi connectivity index (χ0n) is 18.8. The summed E-state index contributed by atoms with van der Waals surface area (Å²) in [6.45, 7) is 2.74. The van der Waals surface area contributed by atoms with E-state index >= 15 is 0 Å². The van der Waals surface area contributed by atoms with Crippen LogP contribution in [0.5, 0.6) is 0 Å². The molecular weight excluding hydrogens is 470 g/mol. The van der Waals surface area contributed by atoms with Crippen molar-refractivity contribution in [3.05, 3.63) is 60.2 Å². The van der Waals surface area contributed by atoms with E-state index in [4.69, 9.17) is 0 Å². The van der Waals surface area contributed by atoms with Crippen molar-refractivity contribution in [3.8, 4) is 0 Å². The summed E-state index contributed by atoms with van der Waals surface area (Å²) >= 11 is 0. The highest BCUT2D eigenvalue weighted by molar-refractivity contribution is 7.89. The maximum atomic E-state index is 14.8. The minimum Gasteiger partial charge on any atom is -0.382 e. The number of sulfonamides is 1. The third-order valence-corrected chi connectivity index (χ3v) is 8.62. The van der Waals surface area contributed by atoms with Crippen LogP contribution in [0.3, 0.4) is 0 Å². The van der Waals surface area contributed by atoms with E-state index in [1.165, 1.54) is 28.6 Å². The van der Waals surface area contributed by atoms with Crippen LogP contribution in [0.15, 0.2) is 37.2 Å². The van der Waals surface area contributed by atoms with Gasteiger partial charge in [0.05, 0.1) is 13.1 Å².